The Morgan fingerprint density at radius 3 is 2.48 bits per heavy atom. The smallest absolute Gasteiger partial charge is 0.123 e. The Hall–Kier alpha value is -2.13. The first-order chi connectivity index (χ1) is 14.9. The topological polar surface area (TPSA) is 90.2 Å². The van der Waals surface area contributed by atoms with Crippen molar-refractivity contribution in [3.05, 3.63) is 82.0 Å². The van der Waals surface area contributed by atoms with Crippen molar-refractivity contribution in [2.45, 2.75) is 43.9 Å². The third-order valence-electron chi connectivity index (χ3n) is 5.72. The van der Waals surface area contributed by atoms with Gasteiger partial charge in [-0.25, -0.2) is 4.39 Å². The molecule has 1 aliphatic rings. The quantitative estimate of drug-likeness (QED) is 0.469. The van der Waals surface area contributed by atoms with Crippen molar-refractivity contribution >= 4 is 11.3 Å². The standard InChI is InChI=1S/C24H25FO5S/c1-13-2-3-15(23-21(28)22(29)24(30-23)19(27)12-26)10-16(13)11-18-8-9-20(31-18)14-4-6-17(25)7-5-14/h2-10,19,21-24,26-29H,11-12H2,1H3/t19-,21+,22+,23+,24-/m0/s1. The second-order valence-electron chi connectivity index (χ2n) is 7.89. The lowest BCUT2D eigenvalue weighted by Crippen LogP contribution is -2.40. The fraction of sp³-hybridized carbons (Fsp3) is 0.333. The molecule has 4 rings (SSSR count). The summed E-state index contributed by atoms with van der Waals surface area (Å²) in [5, 5.41) is 39.7. The zero-order valence-electron chi connectivity index (χ0n) is 17.0. The fourth-order valence-electron chi connectivity index (χ4n) is 3.89. The normalized spacial score (nSPS) is 24.5. The molecular formula is C24H25FO5S. The van der Waals surface area contributed by atoms with Crippen LogP contribution < -0.4 is 0 Å². The van der Waals surface area contributed by atoms with Gasteiger partial charge in [0.25, 0.3) is 0 Å². The molecule has 0 amide bonds. The van der Waals surface area contributed by atoms with Crippen LogP contribution in [0.25, 0.3) is 10.4 Å². The zero-order chi connectivity index (χ0) is 22.1. The first kappa shape index (κ1) is 22.1. The second kappa shape index (κ2) is 9.16. The number of thiophene rings is 1. The number of aryl methyl sites for hydroxylation is 1. The Balaban J connectivity index is 1.54. The minimum Gasteiger partial charge on any atom is -0.394 e. The van der Waals surface area contributed by atoms with E-state index in [0.717, 1.165) is 26.4 Å². The number of aliphatic hydroxyl groups is 4. The Morgan fingerprint density at radius 1 is 1.03 bits per heavy atom. The van der Waals surface area contributed by atoms with Gasteiger partial charge in [-0.3, -0.25) is 0 Å². The van der Waals surface area contributed by atoms with Gasteiger partial charge in [-0.2, -0.15) is 0 Å². The number of hydrogen-bond acceptors (Lipinski definition) is 6. The summed E-state index contributed by atoms with van der Waals surface area (Å²) >= 11 is 1.64. The van der Waals surface area contributed by atoms with E-state index in [9.17, 15) is 19.7 Å². The molecule has 7 heteroatoms. The van der Waals surface area contributed by atoms with Crippen molar-refractivity contribution in [2.24, 2.45) is 0 Å². The maximum Gasteiger partial charge on any atom is 0.123 e. The van der Waals surface area contributed by atoms with Crippen LogP contribution in [0.1, 0.15) is 27.7 Å². The molecule has 4 N–H and O–H groups in total. The molecule has 0 saturated carbocycles. The summed E-state index contributed by atoms with van der Waals surface area (Å²) < 4.78 is 18.9. The van der Waals surface area contributed by atoms with E-state index in [1.165, 1.54) is 12.1 Å². The molecule has 0 aliphatic carbocycles. The molecule has 2 aromatic carbocycles. The van der Waals surface area contributed by atoms with Crippen LogP contribution in [-0.4, -0.2) is 51.4 Å². The first-order valence-electron chi connectivity index (χ1n) is 10.1. The Bertz CT molecular complexity index is 1030. The van der Waals surface area contributed by atoms with Gasteiger partial charge in [0, 0.05) is 16.2 Å². The molecule has 0 spiro atoms. The number of halogens is 1. The highest BCUT2D eigenvalue weighted by atomic mass is 32.1. The van der Waals surface area contributed by atoms with Crippen molar-refractivity contribution in [3.63, 3.8) is 0 Å². The van der Waals surface area contributed by atoms with Crippen LogP contribution in [0.3, 0.4) is 0 Å². The average molecular weight is 445 g/mol. The molecule has 1 fully saturated rings. The first-order valence-corrected chi connectivity index (χ1v) is 10.9. The van der Waals surface area contributed by atoms with E-state index >= 15 is 0 Å². The van der Waals surface area contributed by atoms with Crippen molar-refractivity contribution in [3.8, 4) is 10.4 Å². The highest BCUT2D eigenvalue weighted by molar-refractivity contribution is 7.15. The van der Waals surface area contributed by atoms with Crippen LogP contribution in [-0.2, 0) is 11.2 Å². The summed E-state index contributed by atoms with van der Waals surface area (Å²) in [5.41, 5.74) is 3.81. The van der Waals surface area contributed by atoms with Gasteiger partial charge in [-0.05, 0) is 53.4 Å². The van der Waals surface area contributed by atoms with Crippen LogP contribution >= 0.6 is 11.3 Å². The maximum atomic E-state index is 13.2. The lowest BCUT2D eigenvalue weighted by Gasteiger charge is -2.19. The number of aliphatic hydroxyl groups excluding tert-OH is 4. The Labute approximate surface area is 184 Å². The molecule has 0 bridgehead atoms. The zero-order valence-corrected chi connectivity index (χ0v) is 17.8. The largest absolute Gasteiger partial charge is 0.394 e. The predicted octanol–water partition coefficient (Wildman–Crippen LogP) is 2.97. The monoisotopic (exact) mass is 444 g/mol. The summed E-state index contributed by atoms with van der Waals surface area (Å²) in [6.45, 7) is 1.45. The van der Waals surface area contributed by atoms with Gasteiger partial charge in [-0.15, -0.1) is 11.3 Å². The molecule has 5 nitrogen and oxygen atoms in total. The predicted molar refractivity (Wildman–Crippen MR) is 116 cm³/mol. The lowest BCUT2D eigenvalue weighted by molar-refractivity contribution is -0.0820. The van der Waals surface area contributed by atoms with E-state index < -0.39 is 37.1 Å². The van der Waals surface area contributed by atoms with Crippen molar-refractivity contribution in [1.82, 2.24) is 0 Å². The average Bonchev–Trinajstić information content (AvgIpc) is 3.35. The van der Waals surface area contributed by atoms with E-state index in [0.29, 0.717) is 12.0 Å². The molecule has 1 saturated heterocycles. The number of hydrogen-bond donors (Lipinski definition) is 4. The second-order valence-corrected chi connectivity index (χ2v) is 9.06. The summed E-state index contributed by atoms with van der Waals surface area (Å²) in [6, 6.07) is 16.2. The van der Waals surface area contributed by atoms with E-state index in [1.54, 1.807) is 23.5 Å². The van der Waals surface area contributed by atoms with Crippen LogP contribution in [0.2, 0.25) is 0 Å². The van der Waals surface area contributed by atoms with E-state index in [4.69, 9.17) is 9.84 Å². The highest BCUT2D eigenvalue weighted by Gasteiger charge is 2.46. The molecule has 1 aliphatic heterocycles. The molecule has 31 heavy (non-hydrogen) atoms. The highest BCUT2D eigenvalue weighted by Crippen LogP contribution is 2.36. The van der Waals surface area contributed by atoms with Gasteiger partial charge in [0.15, 0.2) is 0 Å². The molecule has 0 unspecified atom stereocenters. The third-order valence-corrected chi connectivity index (χ3v) is 6.86. The molecule has 164 valence electrons. The van der Waals surface area contributed by atoms with Crippen molar-refractivity contribution in [1.29, 1.82) is 0 Å². The Kier molecular flexibility index (Phi) is 6.52. The SMILES string of the molecule is Cc1ccc([C@H]2O[C@@H]([C@@H](O)CO)[C@H](O)[C@H]2O)cc1Cc1ccc(-c2ccc(F)cc2)s1. The van der Waals surface area contributed by atoms with Gasteiger partial charge in [0.1, 0.15) is 36.3 Å². The van der Waals surface area contributed by atoms with Crippen LogP contribution in [0.4, 0.5) is 4.39 Å². The van der Waals surface area contributed by atoms with Crippen LogP contribution in [0, 0.1) is 12.7 Å². The van der Waals surface area contributed by atoms with Crippen molar-refractivity contribution in [2.75, 3.05) is 6.61 Å². The maximum absolute atomic E-state index is 13.2. The number of benzene rings is 2. The van der Waals surface area contributed by atoms with Gasteiger partial charge in [0.2, 0.25) is 0 Å². The molecule has 2 heterocycles. The molecule has 0 radical (unpaired) electrons. The third kappa shape index (κ3) is 4.57. The van der Waals surface area contributed by atoms with Crippen LogP contribution in [0.15, 0.2) is 54.6 Å². The van der Waals surface area contributed by atoms with Crippen molar-refractivity contribution < 1.29 is 29.6 Å². The summed E-state index contributed by atoms with van der Waals surface area (Å²) in [6.07, 6.45) is -4.92. The minimum absolute atomic E-state index is 0.261. The van der Waals surface area contributed by atoms with Crippen LogP contribution in [0.5, 0.6) is 0 Å². The molecule has 5 atom stereocenters. The molecular weight excluding hydrogens is 419 g/mol. The van der Waals surface area contributed by atoms with E-state index in [1.807, 2.05) is 37.3 Å². The van der Waals surface area contributed by atoms with Gasteiger partial charge < -0.3 is 25.2 Å². The molecule has 1 aromatic heterocycles. The summed E-state index contributed by atoms with van der Waals surface area (Å²) in [7, 11) is 0. The van der Waals surface area contributed by atoms with Gasteiger partial charge in [-0.1, -0.05) is 30.3 Å². The fourth-order valence-corrected chi connectivity index (χ4v) is 4.93. The van der Waals surface area contributed by atoms with E-state index in [-0.39, 0.29) is 5.82 Å². The number of ether oxygens (including phenoxy) is 1. The van der Waals surface area contributed by atoms with Gasteiger partial charge in [0.05, 0.1) is 6.61 Å². The summed E-state index contributed by atoms with van der Waals surface area (Å²) in [4.78, 5) is 2.20. The molecule has 3 aromatic rings. The van der Waals surface area contributed by atoms with E-state index in [2.05, 4.69) is 0 Å². The Morgan fingerprint density at radius 2 is 1.77 bits per heavy atom. The summed E-state index contributed by atoms with van der Waals surface area (Å²) in [5.74, 6) is -0.261. The lowest BCUT2D eigenvalue weighted by atomic mass is 9.95. The van der Waals surface area contributed by atoms with Gasteiger partial charge >= 0.3 is 0 Å². The minimum atomic E-state index is -1.28. The number of rotatable bonds is 6.